The lowest BCUT2D eigenvalue weighted by atomic mass is 10.4. The van der Waals surface area contributed by atoms with Crippen molar-refractivity contribution >= 4 is 6.21 Å². The molecule has 0 spiro atoms. The summed E-state index contributed by atoms with van der Waals surface area (Å²) in [6.07, 6.45) is 1.77. The molecule has 0 fully saturated rings. The molecular formula is C8H18N4. The van der Waals surface area contributed by atoms with E-state index in [4.69, 9.17) is 5.84 Å². The second-order valence-corrected chi connectivity index (χ2v) is 2.69. The van der Waals surface area contributed by atoms with Gasteiger partial charge in [-0.1, -0.05) is 0 Å². The van der Waals surface area contributed by atoms with Crippen LogP contribution in [0.1, 0.15) is 20.8 Å². The van der Waals surface area contributed by atoms with Crippen molar-refractivity contribution in [3.63, 3.8) is 0 Å². The molecule has 0 aromatic carbocycles. The number of hydrogen-bond acceptors (Lipinski definition) is 4. The third-order valence-corrected chi connectivity index (χ3v) is 1.46. The van der Waals surface area contributed by atoms with E-state index in [9.17, 15) is 0 Å². The summed E-state index contributed by atoms with van der Waals surface area (Å²) in [6.45, 7) is 6.46. The van der Waals surface area contributed by atoms with Crippen molar-refractivity contribution in [2.24, 2.45) is 10.8 Å². The van der Waals surface area contributed by atoms with E-state index in [1.807, 2.05) is 20.8 Å². The molecular weight excluding hydrogens is 152 g/mol. The number of allylic oxidation sites excluding steroid dienone is 2. The molecule has 0 saturated carbocycles. The maximum atomic E-state index is 5.42. The Bertz CT molecular complexity index is 181. The van der Waals surface area contributed by atoms with Gasteiger partial charge in [0.05, 0.1) is 12.4 Å². The first-order valence-corrected chi connectivity index (χ1v) is 3.93. The molecule has 0 aliphatic heterocycles. The normalized spacial score (nSPS) is 13.8. The minimum absolute atomic E-state index is 0.627. The summed E-state index contributed by atoms with van der Waals surface area (Å²) in [4.78, 5) is 4.14. The molecule has 70 valence electrons. The lowest BCUT2D eigenvalue weighted by Crippen LogP contribution is -2.35. The zero-order valence-electron chi connectivity index (χ0n) is 8.26. The molecule has 0 rings (SSSR count). The highest BCUT2D eigenvalue weighted by Crippen LogP contribution is 1.99. The Labute approximate surface area is 74.1 Å². The predicted octanol–water partition coefficient (Wildman–Crippen LogP) is 0.681. The van der Waals surface area contributed by atoms with Crippen LogP contribution in [0, 0.1) is 0 Å². The fourth-order valence-electron chi connectivity index (χ4n) is 0.662. The van der Waals surface area contributed by atoms with Crippen molar-refractivity contribution in [2.75, 3.05) is 13.7 Å². The highest BCUT2D eigenvalue weighted by Gasteiger charge is 1.93. The van der Waals surface area contributed by atoms with Gasteiger partial charge in [-0.05, 0) is 20.8 Å². The molecule has 0 atom stereocenters. The fourth-order valence-corrected chi connectivity index (χ4v) is 0.662. The molecule has 0 aromatic rings. The van der Waals surface area contributed by atoms with Crippen LogP contribution in [0.25, 0.3) is 0 Å². The largest absolute Gasteiger partial charge is 0.373 e. The summed E-state index contributed by atoms with van der Waals surface area (Å²) < 4.78 is 0. The van der Waals surface area contributed by atoms with Crippen LogP contribution in [0.3, 0.4) is 0 Å². The van der Waals surface area contributed by atoms with Crippen molar-refractivity contribution in [1.82, 2.24) is 10.3 Å². The Hall–Kier alpha value is -0.870. The fraction of sp³-hybridized carbons (Fsp3) is 0.625. The summed E-state index contributed by atoms with van der Waals surface area (Å²) in [5.41, 5.74) is 2.03. The molecule has 0 radical (unpaired) electrons. The first-order chi connectivity index (χ1) is 5.57. The molecule has 0 aliphatic carbocycles. The average molecular weight is 170 g/mol. The maximum Gasteiger partial charge on any atom is 0.0804 e. The van der Waals surface area contributed by atoms with Crippen LogP contribution in [0.5, 0.6) is 0 Å². The minimum Gasteiger partial charge on any atom is -0.373 e. The van der Waals surface area contributed by atoms with Crippen molar-refractivity contribution in [1.29, 1.82) is 0 Å². The second kappa shape index (κ2) is 5.74. The predicted molar refractivity (Wildman–Crippen MR) is 52.5 cm³/mol. The Morgan fingerprint density at radius 2 is 2.17 bits per heavy atom. The SMILES string of the molecule is CC=N/C(C)=C(\C)NCN(C)N. The van der Waals surface area contributed by atoms with E-state index in [2.05, 4.69) is 10.3 Å². The number of hydrazine groups is 1. The van der Waals surface area contributed by atoms with E-state index < -0.39 is 0 Å². The molecule has 0 saturated heterocycles. The molecule has 0 aromatic heterocycles. The summed E-state index contributed by atoms with van der Waals surface area (Å²) in [6, 6.07) is 0. The molecule has 0 aliphatic rings. The van der Waals surface area contributed by atoms with Gasteiger partial charge in [0.1, 0.15) is 0 Å². The molecule has 0 unspecified atom stereocenters. The van der Waals surface area contributed by atoms with Gasteiger partial charge in [0, 0.05) is 19.0 Å². The standard InChI is InChI=1S/C8H18N4/c1-5-10-7(2)8(3)11-6-12(4)9/h5,11H,6,9H2,1-4H3/b8-7+,10-5?. The monoisotopic (exact) mass is 170 g/mol. The van der Waals surface area contributed by atoms with Gasteiger partial charge < -0.3 is 5.32 Å². The van der Waals surface area contributed by atoms with Crippen LogP contribution in [-0.2, 0) is 0 Å². The highest BCUT2D eigenvalue weighted by atomic mass is 15.4. The number of hydrogen-bond donors (Lipinski definition) is 2. The van der Waals surface area contributed by atoms with Crippen molar-refractivity contribution in [3.8, 4) is 0 Å². The van der Waals surface area contributed by atoms with Gasteiger partial charge in [0.25, 0.3) is 0 Å². The molecule has 0 amide bonds. The van der Waals surface area contributed by atoms with Crippen LogP contribution < -0.4 is 11.2 Å². The van der Waals surface area contributed by atoms with Gasteiger partial charge in [-0.3, -0.25) is 10.8 Å². The highest BCUT2D eigenvalue weighted by molar-refractivity contribution is 5.55. The van der Waals surface area contributed by atoms with Gasteiger partial charge in [0.2, 0.25) is 0 Å². The number of nitrogens with one attached hydrogen (secondary N) is 1. The Morgan fingerprint density at radius 3 is 2.58 bits per heavy atom. The number of aliphatic imine (C=N–C) groups is 1. The molecule has 0 bridgehead atoms. The van der Waals surface area contributed by atoms with Crippen molar-refractivity contribution in [2.45, 2.75) is 20.8 Å². The van der Waals surface area contributed by atoms with Gasteiger partial charge in [-0.2, -0.15) is 0 Å². The summed E-state index contributed by atoms with van der Waals surface area (Å²) in [5, 5.41) is 4.71. The lowest BCUT2D eigenvalue weighted by molar-refractivity contribution is 0.331. The average Bonchev–Trinajstić information content (AvgIpc) is 2.00. The zero-order chi connectivity index (χ0) is 9.56. The zero-order valence-corrected chi connectivity index (χ0v) is 8.26. The van der Waals surface area contributed by atoms with Crippen LogP contribution in [-0.4, -0.2) is 24.9 Å². The molecule has 4 heteroatoms. The van der Waals surface area contributed by atoms with Crippen molar-refractivity contribution < 1.29 is 0 Å². The first kappa shape index (κ1) is 11.1. The van der Waals surface area contributed by atoms with E-state index >= 15 is 0 Å². The van der Waals surface area contributed by atoms with Crippen LogP contribution in [0.4, 0.5) is 0 Å². The van der Waals surface area contributed by atoms with Gasteiger partial charge in [-0.25, -0.2) is 5.01 Å². The Kier molecular flexibility index (Phi) is 5.32. The smallest absolute Gasteiger partial charge is 0.0804 e. The van der Waals surface area contributed by atoms with Crippen molar-refractivity contribution in [3.05, 3.63) is 11.4 Å². The van der Waals surface area contributed by atoms with Gasteiger partial charge in [0.15, 0.2) is 0 Å². The van der Waals surface area contributed by atoms with Crippen LogP contribution in [0.2, 0.25) is 0 Å². The summed E-state index contributed by atoms with van der Waals surface area (Å²) in [7, 11) is 1.80. The molecule has 0 heterocycles. The Balaban J connectivity index is 3.99. The van der Waals surface area contributed by atoms with E-state index in [0.29, 0.717) is 6.67 Å². The first-order valence-electron chi connectivity index (χ1n) is 3.93. The summed E-state index contributed by atoms with van der Waals surface area (Å²) >= 11 is 0. The van der Waals surface area contributed by atoms with Gasteiger partial charge in [-0.15, -0.1) is 0 Å². The third kappa shape index (κ3) is 4.87. The van der Waals surface area contributed by atoms with Crippen LogP contribution >= 0.6 is 0 Å². The number of nitrogens with two attached hydrogens (primary N) is 1. The van der Waals surface area contributed by atoms with Gasteiger partial charge >= 0.3 is 0 Å². The quantitative estimate of drug-likeness (QED) is 0.282. The lowest BCUT2D eigenvalue weighted by Gasteiger charge is -2.12. The minimum atomic E-state index is 0.627. The second-order valence-electron chi connectivity index (χ2n) is 2.69. The summed E-state index contributed by atoms with van der Waals surface area (Å²) in [5.74, 6) is 5.42. The number of nitrogens with zero attached hydrogens (tertiary/aromatic N) is 2. The van der Waals surface area contributed by atoms with Crippen LogP contribution in [0.15, 0.2) is 16.4 Å². The van der Waals surface area contributed by atoms with E-state index in [-0.39, 0.29) is 0 Å². The maximum absolute atomic E-state index is 5.42. The third-order valence-electron chi connectivity index (χ3n) is 1.46. The molecule has 12 heavy (non-hydrogen) atoms. The molecule has 3 N–H and O–H groups in total. The Morgan fingerprint density at radius 1 is 1.58 bits per heavy atom. The number of rotatable bonds is 4. The van der Waals surface area contributed by atoms with E-state index in [1.54, 1.807) is 18.3 Å². The topological polar surface area (TPSA) is 53.7 Å². The van der Waals surface area contributed by atoms with E-state index in [1.165, 1.54) is 0 Å². The molecule has 4 nitrogen and oxygen atoms in total. The van der Waals surface area contributed by atoms with E-state index in [0.717, 1.165) is 11.4 Å².